The summed E-state index contributed by atoms with van der Waals surface area (Å²) >= 11 is 0. The molecule has 3 heterocycles. The zero-order chi connectivity index (χ0) is 13.7. The third-order valence-corrected chi connectivity index (χ3v) is 5.35. The molecule has 5 rings (SSSR count). The van der Waals surface area contributed by atoms with E-state index in [0.717, 1.165) is 30.1 Å². The molecule has 0 spiro atoms. The Labute approximate surface area is 118 Å². The molecular formula is C16H20N2O2. The maximum atomic E-state index is 11.1. The lowest BCUT2D eigenvalue weighted by Crippen LogP contribution is -2.38. The molecular weight excluding hydrogens is 252 g/mol. The maximum absolute atomic E-state index is 11.1. The minimum absolute atomic E-state index is 0.159. The number of carboxylic acid groups (broad SMARTS) is 1. The van der Waals surface area contributed by atoms with Crippen molar-refractivity contribution in [1.29, 1.82) is 0 Å². The molecule has 4 nitrogen and oxygen atoms in total. The first-order chi connectivity index (χ1) is 9.69. The van der Waals surface area contributed by atoms with Crippen LogP contribution in [0.4, 0.5) is 5.82 Å². The van der Waals surface area contributed by atoms with Gasteiger partial charge in [-0.25, -0.2) is 9.78 Å². The van der Waals surface area contributed by atoms with Crippen LogP contribution in [0.5, 0.6) is 0 Å². The van der Waals surface area contributed by atoms with Gasteiger partial charge in [-0.1, -0.05) is 6.07 Å². The summed E-state index contributed by atoms with van der Waals surface area (Å²) < 4.78 is 0. The van der Waals surface area contributed by atoms with E-state index in [0.29, 0.717) is 6.04 Å². The monoisotopic (exact) mass is 272 g/mol. The molecule has 2 saturated carbocycles. The van der Waals surface area contributed by atoms with Crippen LogP contribution in [0.25, 0.3) is 0 Å². The predicted molar refractivity (Wildman–Crippen MR) is 75.9 cm³/mol. The number of hydrogen-bond donors (Lipinski definition) is 1. The second kappa shape index (κ2) is 4.47. The van der Waals surface area contributed by atoms with Crippen molar-refractivity contribution < 1.29 is 9.90 Å². The van der Waals surface area contributed by atoms with Crippen molar-refractivity contribution in [1.82, 2.24) is 4.98 Å². The lowest BCUT2D eigenvalue weighted by atomic mass is 9.68. The molecule has 1 aromatic rings. The Hall–Kier alpha value is -1.58. The molecule has 4 aliphatic rings. The summed E-state index contributed by atoms with van der Waals surface area (Å²) in [6.45, 7) is 1.06. The van der Waals surface area contributed by atoms with E-state index in [4.69, 9.17) is 5.11 Å². The fraction of sp³-hybridized carbons (Fsp3) is 0.625. The fourth-order valence-electron chi connectivity index (χ4n) is 4.77. The van der Waals surface area contributed by atoms with E-state index in [1.165, 1.54) is 32.1 Å². The molecule has 106 valence electrons. The first kappa shape index (κ1) is 12.2. The topological polar surface area (TPSA) is 53.4 Å². The highest BCUT2D eigenvalue weighted by atomic mass is 16.4. The van der Waals surface area contributed by atoms with Crippen LogP contribution in [0, 0.1) is 17.8 Å². The first-order valence-electron chi connectivity index (χ1n) is 7.66. The zero-order valence-electron chi connectivity index (χ0n) is 11.5. The molecule has 2 atom stereocenters. The standard InChI is InChI=1S/C16H20N2O2/c19-16(20)14-2-1-3-15(17-14)18-9-12-5-10-4-11(6-12)8-13(18)7-10/h1-3,10-13H,4-9H2,(H,19,20). The molecule has 20 heavy (non-hydrogen) atoms. The molecule has 2 aliphatic heterocycles. The lowest BCUT2D eigenvalue weighted by molar-refractivity contribution is 0.0690. The number of anilines is 1. The van der Waals surface area contributed by atoms with Gasteiger partial charge < -0.3 is 10.0 Å². The first-order valence-corrected chi connectivity index (χ1v) is 7.66. The number of hydrogen-bond acceptors (Lipinski definition) is 3. The van der Waals surface area contributed by atoms with Gasteiger partial charge in [-0.05, 0) is 62.0 Å². The average molecular weight is 272 g/mol. The fourth-order valence-corrected chi connectivity index (χ4v) is 4.77. The number of fused-ring (bicyclic) bond motifs is 1. The lowest BCUT2D eigenvalue weighted by Gasteiger charge is -2.39. The van der Waals surface area contributed by atoms with Crippen LogP contribution in [0.1, 0.15) is 42.6 Å². The normalized spacial score (nSPS) is 35.1. The van der Waals surface area contributed by atoms with E-state index in [-0.39, 0.29) is 5.69 Å². The summed E-state index contributed by atoms with van der Waals surface area (Å²) in [4.78, 5) is 17.9. The van der Waals surface area contributed by atoms with E-state index in [1.54, 1.807) is 6.07 Å². The van der Waals surface area contributed by atoms with E-state index in [1.807, 2.05) is 12.1 Å². The van der Waals surface area contributed by atoms with Crippen molar-refractivity contribution in [2.45, 2.75) is 38.1 Å². The molecule has 0 aromatic carbocycles. The van der Waals surface area contributed by atoms with Gasteiger partial charge in [0.25, 0.3) is 0 Å². The number of pyridine rings is 1. The van der Waals surface area contributed by atoms with Crippen molar-refractivity contribution in [2.24, 2.45) is 17.8 Å². The van der Waals surface area contributed by atoms with Crippen LogP contribution in [0.3, 0.4) is 0 Å². The van der Waals surface area contributed by atoms with Crippen LogP contribution in [0.15, 0.2) is 18.2 Å². The van der Waals surface area contributed by atoms with Gasteiger partial charge in [0, 0.05) is 12.6 Å². The van der Waals surface area contributed by atoms with E-state index in [9.17, 15) is 4.79 Å². The van der Waals surface area contributed by atoms with Crippen LogP contribution in [-0.2, 0) is 0 Å². The third-order valence-electron chi connectivity index (χ3n) is 5.35. The molecule has 2 unspecified atom stereocenters. The van der Waals surface area contributed by atoms with Crippen LogP contribution in [0.2, 0.25) is 0 Å². The molecule has 0 radical (unpaired) electrons. The Morgan fingerprint density at radius 3 is 2.50 bits per heavy atom. The SMILES string of the molecule is O=C(O)c1cccc(N2CC3CC4CC(C3)CC2C4)n1. The average Bonchev–Trinajstić information content (AvgIpc) is 2.63. The molecule has 0 amide bonds. The highest BCUT2D eigenvalue weighted by Gasteiger charge is 2.42. The molecule has 4 heteroatoms. The molecule has 4 bridgehead atoms. The second-order valence-electron chi connectivity index (χ2n) is 6.77. The summed E-state index contributed by atoms with van der Waals surface area (Å²) in [5.41, 5.74) is 0.159. The minimum Gasteiger partial charge on any atom is -0.477 e. The van der Waals surface area contributed by atoms with Crippen molar-refractivity contribution >= 4 is 11.8 Å². The smallest absolute Gasteiger partial charge is 0.354 e. The summed E-state index contributed by atoms with van der Waals surface area (Å²) in [6.07, 6.45) is 6.69. The van der Waals surface area contributed by atoms with Gasteiger partial charge in [-0.15, -0.1) is 0 Å². The van der Waals surface area contributed by atoms with Crippen LogP contribution >= 0.6 is 0 Å². The van der Waals surface area contributed by atoms with Gasteiger partial charge >= 0.3 is 5.97 Å². The van der Waals surface area contributed by atoms with Crippen molar-refractivity contribution in [3.05, 3.63) is 23.9 Å². The van der Waals surface area contributed by atoms with Crippen molar-refractivity contribution in [3.8, 4) is 0 Å². The zero-order valence-corrected chi connectivity index (χ0v) is 11.5. The molecule has 2 aliphatic carbocycles. The van der Waals surface area contributed by atoms with Crippen molar-refractivity contribution in [2.75, 3.05) is 11.4 Å². The van der Waals surface area contributed by atoms with Crippen molar-refractivity contribution in [3.63, 3.8) is 0 Å². The van der Waals surface area contributed by atoms with Gasteiger partial charge in [-0.3, -0.25) is 0 Å². The number of aromatic carboxylic acids is 1. The number of carbonyl (C=O) groups is 1. The van der Waals surface area contributed by atoms with E-state index >= 15 is 0 Å². The van der Waals surface area contributed by atoms with Gasteiger partial charge in [0.05, 0.1) is 0 Å². The van der Waals surface area contributed by atoms with Gasteiger partial charge in [0.1, 0.15) is 5.82 Å². The maximum Gasteiger partial charge on any atom is 0.354 e. The largest absolute Gasteiger partial charge is 0.477 e. The quantitative estimate of drug-likeness (QED) is 0.899. The van der Waals surface area contributed by atoms with Crippen LogP contribution < -0.4 is 4.90 Å². The van der Waals surface area contributed by atoms with Gasteiger partial charge in [0.2, 0.25) is 0 Å². The Balaban J connectivity index is 1.68. The Morgan fingerprint density at radius 1 is 1.10 bits per heavy atom. The van der Waals surface area contributed by atoms with E-state index in [2.05, 4.69) is 9.88 Å². The summed E-state index contributed by atoms with van der Waals surface area (Å²) in [7, 11) is 0. The third kappa shape index (κ3) is 1.98. The number of aromatic nitrogens is 1. The highest BCUT2D eigenvalue weighted by Crippen LogP contribution is 2.48. The Morgan fingerprint density at radius 2 is 1.80 bits per heavy atom. The molecule has 1 aromatic heterocycles. The summed E-state index contributed by atoms with van der Waals surface area (Å²) in [6, 6.07) is 5.94. The van der Waals surface area contributed by atoms with Crippen LogP contribution in [-0.4, -0.2) is 28.6 Å². The highest BCUT2D eigenvalue weighted by molar-refractivity contribution is 5.85. The van der Waals surface area contributed by atoms with Gasteiger partial charge in [0.15, 0.2) is 5.69 Å². The summed E-state index contributed by atoms with van der Waals surface area (Å²) in [5.74, 6) is 2.49. The second-order valence-corrected chi connectivity index (χ2v) is 6.77. The Kier molecular flexibility index (Phi) is 2.72. The predicted octanol–water partition coefficient (Wildman–Crippen LogP) is 2.79. The summed E-state index contributed by atoms with van der Waals surface area (Å²) in [5, 5.41) is 9.12. The minimum atomic E-state index is -0.938. The number of nitrogens with zero attached hydrogens (tertiary/aromatic N) is 2. The number of carboxylic acids is 1. The molecule has 4 fully saturated rings. The molecule has 1 N–H and O–H groups in total. The molecule has 2 saturated heterocycles. The van der Waals surface area contributed by atoms with E-state index < -0.39 is 5.97 Å². The Bertz CT molecular complexity index is 531. The van der Waals surface area contributed by atoms with Gasteiger partial charge in [-0.2, -0.15) is 0 Å². The number of rotatable bonds is 2.